The van der Waals surface area contributed by atoms with Crippen LogP contribution in [0.25, 0.3) is 0 Å². The van der Waals surface area contributed by atoms with Gasteiger partial charge in [0.1, 0.15) is 5.82 Å². The number of H-pyrrole nitrogens is 1. The molecule has 1 aromatic carbocycles. The topological polar surface area (TPSA) is 98.6 Å². The summed E-state index contributed by atoms with van der Waals surface area (Å²) in [5, 5.41) is 21.4. The normalized spacial score (nSPS) is 10.1. The molecule has 1 N–H and O–H groups in total. The van der Waals surface area contributed by atoms with E-state index in [0.29, 0.717) is 12.1 Å². The molecule has 0 saturated heterocycles. The molecular formula is C12H11FN6O. The van der Waals surface area contributed by atoms with Crippen molar-refractivity contribution in [1.82, 2.24) is 25.5 Å². The lowest BCUT2D eigenvalue weighted by atomic mass is 10.1. The van der Waals surface area contributed by atoms with E-state index >= 15 is 0 Å². The van der Waals surface area contributed by atoms with E-state index in [9.17, 15) is 9.18 Å². The number of nitriles is 1. The molecule has 0 radical (unpaired) electrons. The lowest BCUT2D eigenvalue weighted by Gasteiger charge is -2.19. The highest BCUT2D eigenvalue weighted by atomic mass is 19.1. The van der Waals surface area contributed by atoms with E-state index in [1.54, 1.807) is 6.92 Å². The van der Waals surface area contributed by atoms with Crippen LogP contribution in [0.5, 0.6) is 0 Å². The second-order valence-electron chi connectivity index (χ2n) is 3.97. The first kappa shape index (κ1) is 13.6. The second-order valence-corrected chi connectivity index (χ2v) is 3.97. The summed E-state index contributed by atoms with van der Waals surface area (Å²) in [6.45, 7) is 2.20. The third kappa shape index (κ3) is 2.77. The van der Waals surface area contributed by atoms with Crippen molar-refractivity contribution in [2.45, 2.75) is 13.5 Å². The van der Waals surface area contributed by atoms with Gasteiger partial charge in [0.15, 0.2) is 0 Å². The molecule has 1 aromatic heterocycles. The molecule has 0 fully saturated rings. The molecule has 0 bridgehead atoms. The van der Waals surface area contributed by atoms with Crippen molar-refractivity contribution in [1.29, 1.82) is 5.26 Å². The van der Waals surface area contributed by atoms with Crippen LogP contribution >= 0.6 is 0 Å². The van der Waals surface area contributed by atoms with E-state index < -0.39 is 11.7 Å². The molecule has 20 heavy (non-hydrogen) atoms. The van der Waals surface area contributed by atoms with Gasteiger partial charge >= 0.3 is 0 Å². The van der Waals surface area contributed by atoms with Gasteiger partial charge in [-0.3, -0.25) is 4.79 Å². The van der Waals surface area contributed by atoms with Gasteiger partial charge in [0.2, 0.25) is 0 Å². The minimum absolute atomic E-state index is 0.0686. The minimum atomic E-state index is -0.525. The van der Waals surface area contributed by atoms with Gasteiger partial charge in [-0.1, -0.05) is 6.07 Å². The third-order valence-electron chi connectivity index (χ3n) is 2.75. The number of tetrazole rings is 1. The predicted octanol–water partition coefficient (Wildman–Crippen LogP) is 0.873. The predicted molar refractivity (Wildman–Crippen MR) is 65.7 cm³/mol. The lowest BCUT2D eigenvalue weighted by molar-refractivity contribution is 0.0739. The Morgan fingerprint density at radius 1 is 1.55 bits per heavy atom. The van der Waals surface area contributed by atoms with E-state index in [0.717, 1.165) is 6.07 Å². The fraction of sp³-hybridized carbons (Fsp3) is 0.250. The van der Waals surface area contributed by atoms with Crippen LogP contribution in [0.2, 0.25) is 0 Å². The fourth-order valence-corrected chi connectivity index (χ4v) is 1.67. The number of amides is 1. The number of benzene rings is 1. The zero-order valence-corrected chi connectivity index (χ0v) is 10.7. The Bertz CT molecular complexity index is 648. The Hall–Kier alpha value is -2.82. The molecule has 2 rings (SSSR count). The van der Waals surface area contributed by atoms with Gasteiger partial charge in [-0.25, -0.2) is 4.39 Å². The number of halogens is 1. The number of hydrogen-bond donors (Lipinski definition) is 1. The van der Waals surface area contributed by atoms with Crippen LogP contribution in [0.4, 0.5) is 4.39 Å². The zero-order chi connectivity index (χ0) is 14.5. The van der Waals surface area contributed by atoms with Crippen molar-refractivity contribution < 1.29 is 9.18 Å². The molecule has 0 saturated carbocycles. The number of aromatic amines is 1. The van der Waals surface area contributed by atoms with Crippen LogP contribution < -0.4 is 0 Å². The van der Waals surface area contributed by atoms with Gasteiger partial charge in [0, 0.05) is 18.7 Å². The van der Waals surface area contributed by atoms with Crippen molar-refractivity contribution in [3.63, 3.8) is 0 Å². The molecule has 0 aliphatic carbocycles. The van der Waals surface area contributed by atoms with Crippen LogP contribution in [0, 0.1) is 17.1 Å². The number of rotatable bonds is 4. The molecule has 7 nitrogen and oxygen atoms in total. The van der Waals surface area contributed by atoms with Crippen molar-refractivity contribution in [3.8, 4) is 6.07 Å². The number of nitrogens with zero attached hydrogens (tertiary/aromatic N) is 5. The van der Waals surface area contributed by atoms with E-state index in [4.69, 9.17) is 5.26 Å². The van der Waals surface area contributed by atoms with Crippen LogP contribution in [0.15, 0.2) is 18.2 Å². The molecule has 0 spiro atoms. The standard InChI is InChI=1S/C12H11FN6O/c1-2-19(12(20)11-15-17-18-16-11)7-9-4-3-8(6-14)5-10(9)13/h3-5H,2,7H2,1H3,(H,15,16,17,18). The van der Waals surface area contributed by atoms with Crippen LogP contribution in [-0.4, -0.2) is 38.0 Å². The van der Waals surface area contributed by atoms with Crippen LogP contribution in [-0.2, 0) is 6.54 Å². The Balaban J connectivity index is 2.19. The van der Waals surface area contributed by atoms with E-state index in [2.05, 4.69) is 20.6 Å². The van der Waals surface area contributed by atoms with Crippen molar-refractivity contribution in [2.75, 3.05) is 6.54 Å². The molecule has 1 heterocycles. The fourth-order valence-electron chi connectivity index (χ4n) is 1.67. The molecule has 0 atom stereocenters. The maximum Gasteiger partial charge on any atom is 0.295 e. The first-order valence-corrected chi connectivity index (χ1v) is 5.87. The number of carbonyl (C=O) groups is 1. The summed E-state index contributed by atoms with van der Waals surface area (Å²) in [4.78, 5) is 13.4. The Morgan fingerprint density at radius 2 is 2.35 bits per heavy atom. The van der Waals surface area contributed by atoms with Crippen molar-refractivity contribution in [2.24, 2.45) is 0 Å². The quantitative estimate of drug-likeness (QED) is 0.892. The number of aromatic nitrogens is 4. The van der Waals surface area contributed by atoms with Gasteiger partial charge in [0.05, 0.1) is 11.6 Å². The summed E-state index contributed by atoms with van der Waals surface area (Å²) in [5.74, 6) is -1.03. The summed E-state index contributed by atoms with van der Waals surface area (Å²) in [7, 11) is 0. The monoisotopic (exact) mass is 274 g/mol. The SMILES string of the molecule is CCN(Cc1ccc(C#N)cc1F)C(=O)c1nn[nH]n1. The van der Waals surface area contributed by atoms with Gasteiger partial charge in [-0.05, 0) is 24.3 Å². The van der Waals surface area contributed by atoms with Gasteiger partial charge in [-0.2, -0.15) is 10.5 Å². The highest BCUT2D eigenvalue weighted by Crippen LogP contribution is 2.13. The average Bonchev–Trinajstić information content (AvgIpc) is 2.99. The molecule has 0 unspecified atom stereocenters. The summed E-state index contributed by atoms with van der Waals surface area (Å²) in [6.07, 6.45) is 0. The van der Waals surface area contributed by atoms with Crippen molar-refractivity contribution in [3.05, 3.63) is 41.0 Å². The molecule has 2 aromatic rings. The second kappa shape index (κ2) is 5.88. The Kier molecular flexibility index (Phi) is 4.00. The summed E-state index contributed by atoms with van der Waals surface area (Å²) in [6, 6.07) is 5.99. The maximum atomic E-state index is 13.8. The van der Waals surface area contributed by atoms with E-state index in [1.807, 2.05) is 6.07 Å². The molecule has 0 aliphatic heterocycles. The molecule has 102 valence electrons. The summed E-state index contributed by atoms with van der Waals surface area (Å²) < 4.78 is 13.8. The lowest BCUT2D eigenvalue weighted by Crippen LogP contribution is -2.31. The summed E-state index contributed by atoms with van der Waals surface area (Å²) >= 11 is 0. The molecular weight excluding hydrogens is 263 g/mol. The average molecular weight is 274 g/mol. The highest BCUT2D eigenvalue weighted by molar-refractivity contribution is 5.90. The number of nitrogens with one attached hydrogen (secondary N) is 1. The van der Waals surface area contributed by atoms with Crippen LogP contribution in [0.3, 0.4) is 0 Å². The van der Waals surface area contributed by atoms with E-state index in [1.165, 1.54) is 17.0 Å². The zero-order valence-electron chi connectivity index (χ0n) is 10.7. The minimum Gasteiger partial charge on any atom is -0.332 e. The smallest absolute Gasteiger partial charge is 0.295 e. The number of carbonyl (C=O) groups excluding carboxylic acids is 1. The molecule has 1 amide bonds. The van der Waals surface area contributed by atoms with Gasteiger partial charge in [0.25, 0.3) is 11.7 Å². The van der Waals surface area contributed by atoms with Gasteiger partial charge in [-0.15, -0.1) is 10.2 Å². The molecule has 0 aliphatic rings. The number of hydrogen-bond acceptors (Lipinski definition) is 5. The van der Waals surface area contributed by atoms with Crippen molar-refractivity contribution >= 4 is 5.91 Å². The highest BCUT2D eigenvalue weighted by Gasteiger charge is 2.19. The summed E-state index contributed by atoms with van der Waals surface area (Å²) in [5.41, 5.74) is 0.557. The Labute approximate surface area is 114 Å². The first-order valence-electron chi connectivity index (χ1n) is 5.87. The van der Waals surface area contributed by atoms with Crippen LogP contribution in [0.1, 0.15) is 28.7 Å². The first-order chi connectivity index (χ1) is 9.65. The molecule has 8 heteroatoms. The largest absolute Gasteiger partial charge is 0.332 e. The van der Waals surface area contributed by atoms with E-state index in [-0.39, 0.29) is 17.9 Å². The Morgan fingerprint density at radius 3 is 2.90 bits per heavy atom. The van der Waals surface area contributed by atoms with Gasteiger partial charge < -0.3 is 4.90 Å². The maximum absolute atomic E-state index is 13.8. The third-order valence-corrected chi connectivity index (χ3v) is 2.75.